The van der Waals surface area contributed by atoms with Crippen LogP contribution in [0, 0.1) is 12.8 Å². The Labute approximate surface area is 268 Å². The molecule has 0 bridgehead atoms. The van der Waals surface area contributed by atoms with E-state index in [1.165, 1.54) is 32.1 Å². The number of likely N-dealkylation sites (tertiary alicyclic amines) is 1. The van der Waals surface area contributed by atoms with Crippen molar-refractivity contribution in [2.24, 2.45) is 5.92 Å². The van der Waals surface area contributed by atoms with E-state index in [4.69, 9.17) is 4.74 Å². The van der Waals surface area contributed by atoms with Gasteiger partial charge in [0.25, 0.3) is 5.91 Å². The number of ether oxygens (including phenoxy) is 1. The SMILES string of the molecule is CC.CSCCC(NC(=O)c1ccc(CN2CC(SC)CC2COCC2CCCCC2)cc1-c1ccccc1C)C(=O)O. The maximum absolute atomic E-state index is 13.5. The van der Waals surface area contributed by atoms with Gasteiger partial charge in [0.15, 0.2) is 0 Å². The van der Waals surface area contributed by atoms with Gasteiger partial charge < -0.3 is 15.2 Å². The van der Waals surface area contributed by atoms with Gasteiger partial charge in [-0.25, -0.2) is 4.79 Å². The average molecular weight is 629 g/mol. The van der Waals surface area contributed by atoms with Gasteiger partial charge in [0, 0.05) is 36.6 Å². The second kappa shape index (κ2) is 18.7. The highest BCUT2D eigenvalue weighted by atomic mass is 32.2. The van der Waals surface area contributed by atoms with Crippen LogP contribution in [0.1, 0.15) is 80.3 Å². The number of amides is 1. The zero-order chi connectivity index (χ0) is 31.2. The summed E-state index contributed by atoms with van der Waals surface area (Å²) >= 11 is 3.51. The zero-order valence-electron chi connectivity index (χ0n) is 26.8. The summed E-state index contributed by atoms with van der Waals surface area (Å²) in [5.41, 5.74) is 4.57. The number of nitrogens with one attached hydrogen (secondary N) is 1. The van der Waals surface area contributed by atoms with Crippen LogP contribution in [0.3, 0.4) is 0 Å². The first-order chi connectivity index (χ1) is 20.9. The summed E-state index contributed by atoms with van der Waals surface area (Å²) in [6, 6.07) is 13.6. The summed E-state index contributed by atoms with van der Waals surface area (Å²) in [4.78, 5) is 27.8. The van der Waals surface area contributed by atoms with Crippen LogP contribution >= 0.6 is 23.5 Å². The second-order valence-electron chi connectivity index (χ2n) is 11.6. The molecule has 0 aromatic heterocycles. The molecule has 238 valence electrons. The van der Waals surface area contributed by atoms with Crippen molar-refractivity contribution in [2.45, 2.75) is 89.6 Å². The van der Waals surface area contributed by atoms with Gasteiger partial charge in [-0.1, -0.05) is 63.4 Å². The number of rotatable bonds is 14. The minimum atomic E-state index is -1.00. The van der Waals surface area contributed by atoms with Crippen molar-refractivity contribution in [3.05, 3.63) is 59.2 Å². The van der Waals surface area contributed by atoms with Crippen LogP contribution in [-0.4, -0.2) is 77.2 Å². The fourth-order valence-corrected chi connectivity index (χ4v) is 7.38. The van der Waals surface area contributed by atoms with E-state index in [2.05, 4.69) is 22.5 Å². The van der Waals surface area contributed by atoms with E-state index in [9.17, 15) is 14.7 Å². The van der Waals surface area contributed by atoms with Crippen molar-refractivity contribution >= 4 is 35.4 Å². The third-order valence-corrected chi connectivity index (χ3v) is 10.2. The van der Waals surface area contributed by atoms with Gasteiger partial charge >= 0.3 is 5.97 Å². The third-order valence-electron chi connectivity index (χ3n) is 8.57. The minimum absolute atomic E-state index is 0.346. The van der Waals surface area contributed by atoms with Crippen molar-refractivity contribution in [3.63, 3.8) is 0 Å². The van der Waals surface area contributed by atoms with Gasteiger partial charge in [-0.05, 0) is 91.2 Å². The lowest BCUT2D eigenvalue weighted by Crippen LogP contribution is -2.41. The molecule has 2 N–H and O–H groups in total. The molecule has 1 saturated heterocycles. The summed E-state index contributed by atoms with van der Waals surface area (Å²) in [5, 5.41) is 13.1. The Balaban J connectivity index is 0.00000248. The highest BCUT2D eigenvalue weighted by Gasteiger charge is 2.32. The summed E-state index contributed by atoms with van der Waals surface area (Å²) in [5.74, 6) is 0.0301. The van der Waals surface area contributed by atoms with Gasteiger partial charge in [0.1, 0.15) is 6.04 Å². The van der Waals surface area contributed by atoms with E-state index in [1.807, 2.05) is 75.2 Å². The molecule has 0 radical (unpaired) electrons. The molecule has 6 nitrogen and oxygen atoms in total. The second-order valence-corrected chi connectivity index (χ2v) is 13.7. The monoisotopic (exact) mass is 628 g/mol. The van der Waals surface area contributed by atoms with E-state index in [0.29, 0.717) is 34.9 Å². The molecule has 8 heteroatoms. The first kappa shape index (κ1) is 35.5. The fourth-order valence-electron chi connectivity index (χ4n) is 6.15. The van der Waals surface area contributed by atoms with Gasteiger partial charge in [-0.3, -0.25) is 9.69 Å². The summed E-state index contributed by atoms with van der Waals surface area (Å²) in [6.45, 7) is 9.51. The molecular formula is C35H52N2O4S2. The molecular weight excluding hydrogens is 577 g/mol. The lowest BCUT2D eigenvalue weighted by atomic mass is 9.90. The fraction of sp³-hybridized carbons (Fsp3) is 0.600. The Morgan fingerprint density at radius 1 is 1.05 bits per heavy atom. The molecule has 3 unspecified atom stereocenters. The van der Waals surface area contributed by atoms with Crippen molar-refractivity contribution in [1.29, 1.82) is 0 Å². The van der Waals surface area contributed by atoms with Crippen LogP contribution in [0.5, 0.6) is 0 Å². The topological polar surface area (TPSA) is 78.9 Å². The number of benzene rings is 2. The van der Waals surface area contributed by atoms with E-state index in [1.54, 1.807) is 11.8 Å². The number of thioether (sulfide) groups is 2. The molecule has 2 aromatic carbocycles. The maximum Gasteiger partial charge on any atom is 0.326 e. The van der Waals surface area contributed by atoms with Crippen LogP contribution in [-0.2, 0) is 16.1 Å². The molecule has 43 heavy (non-hydrogen) atoms. The Kier molecular flexibility index (Phi) is 15.5. The number of carboxylic acids is 1. The molecule has 2 aromatic rings. The Hall–Kier alpha value is -2.00. The van der Waals surface area contributed by atoms with E-state index < -0.39 is 12.0 Å². The molecule has 2 aliphatic rings. The Bertz CT molecular complexity index is 1150. The van der Waals surface area contributed by atoms with Crippen molar-refractivity contribution in [2.75, 3.05) is 38.0 Å². The van der Waals surface area contributed by atoms with Crippen LogP contribution in [0.15, 0.2) is 42.5 Å². The highest BCUT2D eigenvalue weighted by Crippen LogP contribution is 2.32. The van der Waals surface area contributed by atoms with Gasteiger partial charge in [0.2, 0.25) is 0 Å². The van der Waals surface area contributed by atoms with Crippen molar-refractivity contribution in [3.8, 4) is 11.1 Å². The average Bonchev–Trinajstić information content (AvgIpc) is 3.42. The predicted molar refractivity (Wildman–Crippen MR) is 183 cm³/mol. The first-order valence-electron chi connectivity index (χ1n) is 16.0. The molecule has 2 fully saturated rings. The Morgan fingerprint density at radius 2 is 1.79 bits per heavy atom. The number of carbonyl (C=O) groups excluding carboxylic acids is 1. The van der Waals surface area contributed by atoms with Crippen LogP contribution in [0.2, 0.25) is 0 Å². The van der Waals surface area contributed by atoms with Crippen LogP contribution in [0.4, 0.5) is 0 Å². The molecule has 1 aliphatic carbocycles. The van der Waals surface area contributed by atoms with E-state index in [0.717, 1.165) is 55.0 Å². The molecule has 1 amide bonds. The lowest BCUT2D eigenvalue weighted by Gasteiger charge is -2.27. The van der Waals surface area contributed by atoms with Crippen LogP contribution in [0.25, 0.3) is 11.1 Å². The number of aliphatic carboxylic acids is 1. The lowest BCUT2D eigenvalue weighted by molar-refractivity contribution is -0.139. The molecule has 1 saturated carbocycles. The molecule has 1 heterocycles. The number of carboxylic acid groups (broad SMARTS) is 1. The molecule has 0 spiro atoms. The van der Waals surface area contributed by atoms with Crippen molar-refractivity contribution in [1.82, 2.24) is 10.2 Å². The van der Waals surface area contributed by atoms with E-state index >= 15 is 0 Å². The standard InChI is InChI=1S/C33H46N2O4S2.C2H6/c1-23-9-7-8-12-28(23)30-17-25(13-14-29(30)32(36)34-31(33(37)38)15-16-40-2)19-35-20-27(41-3)18-26(35)22-39-21-24-10-5-4-6-11-24;1-2/h7-9,12-14,17,24,26-27,31H,4-6,10-11,15-16,18-22H2,1-3H3,(H,34,36)(H,37,38);1-2H3. The molecule has 3 atom stereocenters. The number of hydrogen-bond donors (Lipinski definition) is 2. The summed E-state index contributed by atoms with van der Waals surface area (Å²) < 4.78 is 6.31. The number of aryl methyl sites for hydroxylation is 1. The zero-order valence-corrected chi connectivity index (χ0v) is 28.4. The largest absolute Gasteiger partial charge is 0.480 e. The van der Waals surface area contributed by atoms with Crippen molar-refractivity contribution < 1.29 is 19.4 Å². The highest BCUT2D eigenvalue weighted by molar-refractivity contribution is 7.99. The number of hydrogen-bond acceptors (Lipinski definition) is 6. The molecule has 1 aliphatic heterocycles. The third kappa shape index (κ3) is 10.5. The normalized spacial score (nSPS) is 19.8. The maximum atomic E-state index is 13.5. The quantitative estimate of drug-likeness (QED) is 0.224. The van der Waals surface area contributed by atoms with Crippen LogP contribution < -0.4 is 5.32 Å². The van der Waals surface area contributed by atoms with Gasteiger partial charge in [-0.15, -0.1) is 0 Å². The minimum Gasteiger partial charge on any atom is -0.480 e. The number of nitrogens with zero attached hydrogens (tertiary/aromatic N) is 1. The summed E-state index contributed by atoms with van der Waals surface area (Å²) in [6.07, 6.45) is 12.3. The number of carbonyl (C=O) groups is 2. The van der Waals surface area contributed by atoms with Gasteiger partial charge in [-0.2, -0.15) is 23.5 Å². The smallest absolute Gasteiger partial charge is 0.326 e. The molecule has 4 rings (SSSR count). The summed E-state index contributed by atoms with van der Waals surface area (Å²) in [7, 11) is 0. The van der Waals surface area contributed by atoms with Gasteiger partial charge in [0.05, 0.1) is 6.61 Å². The first-order valence-corrected chi connectivity index (χ1v) is 18.6. The Morgan fingerprint density at radius 3 is 2.47 bits per heavy atom. The predicted octanol–water partition coefficient (Wildman–Crippen LogP) is 7.53. The van der Waals surface area contributed by atoms with E-state index in [-0.39, 0.29) is 5.91 Å².